The van der Waals surface area contributed by atoms with Crippen molar-refractivity contribution < 1.29 is 14.3 Å². The Labute approximate surface area is 194 Å². The molecule has 4 rings (SSSR count). The number of carbonyl (C=O) groups excluding carboxylic acids is 2. The molecule has 0 aliphatic carbocycles. The third-order valence-electron chi connectivity index (χ3n) is 5.99. The summed E-state index contributed by atoms with van der Waals surface area (Å²) in [5, 5.41) is 0. The normalized spacial score (nSPS) is 16.4. The van der Waals surface area contributed by atoms with Crippen molar-refractivity contribution in [3.63, 3.8) is 0 Å². The highest BCUT2D eigenvalue weighted by Crippen LogP contribution is 2.23. The standard InChI is InChI=1S/C27H29N3O3/c1-2-29-14-15-30(26(31)20-33-25-11-4-3-5-12-25)19-24(27(29)32)17-21-8-6-9-22(16-21)23-10-7-13-28-18-23/h3-13,16,18,24H,2,14-15,17,19-20H2,1H3/t24-/m1/s1. The fraction of sp³-hybridized carbons (Fsp3) is 0.296. The average Bonchev–Trinajstić information content (AvgIpc) is 3.02. The van der Waals surface area contributed by atoms with Gasteiger partial charge in [0, 0.05) is 38.6 Å². The van der Waals surface area contributed by atoms with Gasteiger partial charge in [0.1, 0.15) is 5.75 Å². The maximum Gasteiger partial charge on any atom is 0.260 e. The molecular formula is C27H29N3O3. The molecule has 1 saturated heterocycles. The maximum atomic E-state index is 13.2. The van der Waals surface area contributed by atoms with E-state index in [0.717, 1.165) is 16.7 Å². The molecule has 6 heteroatoms. The summed E-state index contributed by atoms with van der Waals surface area (Å²) in [7, 11) is 0. The number of pyridine rings is 1. The van der Waals surface area contributed by atoms with E-state index in [2.05, 4.69) is 11.1 Å². The van der Waals surface area contributed by atoms with Gasteiger partial charge in [-0.2, -0.15) is 0 Å². The van der Waals surface area contributed by atoms with Gasteiger partial charge in [-0.25, -0.2) is 0 Å². The van der Waals surface area contributed by atoms with E-state index in [4.69, 9.17) is 4.74 Å². The molecule has 0 N–H and O–H groups in total. The highest BCUT2D eigenvalue weighted by Gasteiger charge is 2.31. The molecule has 0 radical (unpaired) electrons. The Hall–Kier alpha value is -3.67. The Morgan fingerprint density at radius 3 is 2.61 bits per heavy atom. The third-order valence-corrected chi connectivity index (χ3v) is 5.99. The van der Waals surface area contributed by atoms with Gasteiger partial charge in [-0.1, -0.05) is 48.5 Å². The van der Waals surface area contributed by atoms with E-state index < -0.39 is 0 Å². The number of likely N-dealkylation sites (N-methyl/N-ethyl adjacent to an activating group) is 1. The predicted molar refractivity (Wildman–Crippen MR) is 128 cm³/mol. The smallest absolute Gasteiger partial charge is 0.260 e. The predicted octanol–water partition coefficient (Wildman–Crippen LogP) is 3.68. The van der Waals surface area contributed by atoms with E-state index in [1.807, 2.05) is 78.7 Å². The fourth-order valence-electron chi connectivity index (χ4n) is 4.19. The number of amides is 2. The van der Waals surface area contributed by atoms with Crippen LogP contribution in [0.15, 0.2) is 79.1 Å². The van der Waals surface area contributed by atoms with Gasteiger partial charge in [0.05, 0.1) is 5.92 Å². The second-order valence-electron chi connectivity index (χ2n) is 8.20. The number of rotatable bonds is 7. The minimum atomic E-state index is -0.294. The van der Waals surface area contributed by atoms with E-state index in [0.29, 0.717) is 38.3 Å². The van der Waals surface area contributed by atoms with Gasteiger partial charge >= 0.3 is 0 Å². The quantitative estimate of drug-likeness (QED) is 0.559. The summed E-state index contributed by atoms with van der Waals surface area (Å²) in [6.07, 6.45) is 4.17. The van der Waals surface area contributed by atoms with Crippen molar-refractivity contribution in [2.75, 3.05) is 32.8 Å². The van der Waals surface area contributed by atoms with E-state index >= 15 is 0 Å². The van der Waals surface area contributed by atoms with Gasteiger partial charge < -0.3 is 14.5 Å². The van der Waals surface area contributed by atoms with Crippen LogP contribution in [0.4, 0.5) is 0 Å². The van der Waals surface area contributed by atoms with Gasteiger partial charge in [0.15, 0.2) is 6.61 Å². The monoisotopic (exact) mass is 443 g/mol. The zero-order chi connectivity index (χ0) is 23.0. The Balaban J connectivity index is 1.48. The van der Waals surface area contributed by atoms with Crippen molar-refractivity contribution in [3.8, 4) is 16.9 Å². The van der Waals surface area contributed by atoms with Gasteiger partial charge in [0.25, 0.3) is 5.91 Å². The molecule has 1 atom stereocenters. The Morgan fingerprint density at radius 2 is 1.85 bits per heavy atom. The lowest BCUT2D eigenvalue weighted by Gasteiger charge is -2.24. The molecule has 1 aliphatic rings. The van der Waals surface area contributed by atoms with Crippen LogP contribution in [-0.2, 0) is 16.0 Å². The first-order chi connectivity index (χ1) is 16.1. The zero-order valence-electron chi connectivity index (χ0n) is 18.9. The van der Waals surface area contributed by atoms with Crippen molar-refractivity contribution in [1.29, 1.82) is 0 Å². The number of hydrogen-bond acceptors (Lipinski definition) is 4. The summed E-state index contributed by atoms with van der Waals surface area (Å²) >= 11 is 0. The lowest BCUT2D eigenvalue weighted by molar-refractivity contribution is -0.135. The number of nitrogens with zero attached hydrogens (tertiary/aromatic N) is 3. The Bertz CT molecular complexity index is 1070. The zero-order valence-corrected chi connectivity index (χ0v) is 18.9. The summed E-state index contributed by atoms with van der Waals surface area (Å²) in [5.74, 6) is 0.371. The first-order valence-corrected chi connectivity index (χ1v) is 11.4. The van der Waals surface area contributed by atoms with Crippen LogP contribution in [-0.4, -0.2) is 59.4 Å². The van der Waals surface area contributed by atoms with E-state index in [-0.39, 0.29) is 24.3 Å². The van der Waals surface area contributed by atoms with Crippen molar-refractivity contribution in [2.24, 2.45) is 5.92 Å². The highest BCUT2D eigenvalue weighted by molar-refractivity contribution is 5.83. The van der Waals surface area contributed by atoms with Gasteiger partial charge in [-0.15, -0.1) is 0 Å². The lowest BCUT2D eigenvalue weighted by Crippen LogP contribution is -2.39. The largest absolute Gasteiger partial charge is 0.484 e. The number of ether oxygens (including phenoxy) is 1. The SMILES string of the molecule is CCN1CCN(C(=O)COc2ccccc2)C[C@@H](Cc2cccc(-c3cccnc3)c2)C1=O. The summed E-state index contributed by atoms with van der Waals surface area (Å²) in [6, 6.07) is 21.4. The summed E-state index contributed by atoms with van der Waals surface area (Å²) in [4.78, 5) is 34.0. The van der Waals surface area contributed by atoms with Crippen molar-refractivity contribution in [2.45, 2.75) is 13.3 Å². The molecule has 1 aromatic heterocycles. The van der Waals surface area contributed by atoms with Crippen LogP contribution < -0.4 is 4.74 Å². The van der Waals surface area contributed by atoms with Crippen LogP contribution in [0.5, 0.6) is 5.75 Å². The number of hydrogen-bond donors (Lipinski definition) is 0. The molecule has 3 aromatic rings. The molecule has 6 nitrogen and oxygen atoms in total. The second kappa shape index (κ2) is 10.8. The molecule has 33 heavy (non-hydrogen) atoms. The summed E-state index contributed by atoms with van der Waals surface area (Å²) in [6.45, 7) is 4.03. The second-order valence-corrected chi connectivity index (χ2v) is 8.20. The van der Waals surface area contributed by atoms with Crippen molar-refractivity contribution in [1.82, 2.24) is 14.8 Å². The minimum Gasteiger partial charge on any atom is -0.484 e. The number of benzene rings is 2. The van der Waals surface area contributed by atoms with Crippen LogP contribution in [0, 0.1) is 5.92 Å². The van der Waals surface area contributed by atoms with Crippen LogP contribution in [0.1, 0.15) is 12.5 Å². The molecule has 0 spiro atoms. The Kier molecular flexibility index (Phi) is 7.35. The summed E-state index contributed by atoms with van der Waals surface area (Å²) in [5.41, 5.74) is 3.18. The number of para-hydroxylation sites is 1. The molecule has 2 heterocycles. The molecule has 2 amide bonds. The van der Waals surface area contributed by atoms with Crippen molar-refractivity contribution >= 4 is 11.8 Å². The number of aromatic nitrogens is 1. The molecular weight excluding hydrogens is 414 g/mol. The van der Waals surface area contributed by atoms with Crippen LogP contribution in [0.2, 0.25) is 0 Å². The fourth-order valence-corrected chi connectivity index (χ4v) is 4.19. The first-order valence-electron chi connectivity index (χ1n) is 11.4. The molecule has 0 unspecified atom stereocenters. The third kappa shape index (κ3) is 5.77. The van der Waals surface area contributed by atoms with Gasteiger partial charge in [0.2, 0.25) is 5.91 Å². The average molecular weight is 444 g/mol. The molecule has 2 aromatic carbocycles. The highest BCUT2D eigenvalue weighted by atomic mass is 16.5. The van der Waals surface area contributed by atoms with Gasteiger partial charge in [-0.3, -0.25) is 14.6 Å². The molecule has 170 valence electrons. The van der Waals surface area contributed by atoms with E-state index in [1.54, 1.807) is 11.1 Å². The van der Waals surface area contributed by atoms with E-state index in [9.17, 15) is 9.59 Å². The maximum absolute atomic E-state index is 13.2. The molecule has 1 aliphatic heterocycles. The molecule has 1 fully saturated rings. The van der Waals surface area contributed by atoms with Crippen LogP contribution in [0.25, 0.3) is 11.1 Å². The number of carbonyl (C=O) groups is 2. The Morgan fingerprint density at radius 1 is 1.03 bits per heavy atom. The topological polar surface area (TPSA) is 62.7 Å². The van der Waals surface area contributed by atoms with Crippen molar-refractivity contribution in [3.05, 3.63) is 84.7 Å². The first kappa shape index (κ1) is 22.5. The van der Waals surface area contributed by atoms with Gasteiger partial charge in [-0.05, 0) is 48.2 Å². The van der Waals surface area contributed by atoms with Crippen LogP contribution >= 0.6 is 0 Å². The molecule has 0 saturated carbocycles. The van der Waals surface area contributed by atoms with Crippen LogP contribution in [0.3, 0.4) is 0 Å². The summed E-state index contributed by atoms with van der Waals surface area (Å²) < 4.78 is 5.66. The van der Waals surface area contributed by atoms with E-state index in [1.165, 1.54) is 0 Å². The minimum absolute atomic E-state index is 0.0342. The lowest BCUT2D eigenvalue weighted by atomic mass is 9.95. The molecule has 0 bridgehead atoms.